The van der Waals surface area contributed by atoms with E-state index in [0.717, 1.165) is 16.5 Å². The third-order valence-electron chi connectivity index (χ3n) is 3.71. The highest BCUT2D eigenvalue weighted by Crippen LogP contribution is 1.90. The summed E-state index contributed by atoms with van der Waals surface area (Å²) in [6.45, 7) is 0. The van der Waals surface area contributed by atoms with E-state index in [1.54, 1.807) is 81.4 Å². The zero-order valence-corrected chi connectivity index (χ0v) is 45.1. The van der Waals surface area contributed by atoms with Gasteiger partial charge in [-0.15, -0.1) is 11.8 Å². The van der Waals surface area contributed by atoms with Gasteiger partial charge in [-0.05, 0) is 84.4 Å². The highest BCUT2D eigenvalue weighted by molar-refractivity contribution is 8.22. The van der Waals surface area contributed by atoms with Gasteiger partial charge in [-0.3, -0.25) is 4.79 Å². The van der Waals surface area contributed by atoms with Crippen molar-refractivity contribution >= 4 is 116 Å². The second-order valence-electron chi connectivity index (χ2n) is 9.37. The minimum absolute atomic E-state index is 0.00926. The van der Waals surface area contributed by atoms with E-state index in [9.17, 15) is 19.2 Å². The lowest BCUT2D eigenvalue weighted by Gasteiger charge is -2.11. The number of thioether (sulfide) groups is 2. The second-order valence-corrected chi connectivity index (χ2v) is 12.8. The number of urea groups is 2. The maximum atomic E-state index is 10.3. The van der Waals surface area contributed by atoms with Crippen molar-refractivity contribution < 1.29 is 33.8 Å². The van der Waals surface area contributed by atoms with Gasteiger partial charge in [0.15, 0.2) is 10.2 Å². The molecule has 0 aliphatic heterocycles. The monoisotopic (exact) mass is 968 g/mol. The van der Waals surface area contributed by atoms with Gasteiger partial charge in [0.2, 0.25) is 0 Å². The Labute approximate surface area is 388 Å². The van der Waals surface area contributed by atoms with Crippen LogP contribution in [0.15, 0.2) is 0 Å². The Balaban J connectivity index is -0.0000000482. The average molecular weight is 970 g/mol. The van der Waals surface area contributed by atoms with Crippen molar-refractivity contribution in [2.24, 2.45) is 0 Å². The third kappa shape index (κ3) is 142. The SMILES string of the molecule is CN(C)C.CNC.CNC(=O)N(C)C.CNC(=O)NC.CNC(=O)OC.CNC(=O)SC.CNC(=S)N(C)C.CNC(=S)NC.CNC(=S)OC.CNC(=S)SC.CO. The van der Waals surface area contributed by atoms with E-state index in [0.29, 0.717) is 10.3 Å². The number of nitrogens with one attached hydrogen (secondary N) is 11. The number of ether oxygens (including phenoxy) is 2. The maximum Gasteiger partial charge on any atom is 0.406 e. The number of hydrogen-bond acceptors (Lipinski definition) is 15. The van der Waals surface area contributed by atoms with Crippen molar-refractivity contribution in [3.05, 3.63) is 0 Å². The molecule has 21 nitrogen and oxygen atoms in total. The van der Waals surface area contributed by atoms with Gasteiger partial charge in [0.05, 0.1) is 14.2 Å². The first kappa shape index (κ1) is 83.5. The van der Waals surface area contributed by atoms with Crippen LogP contribution in [0.2, 0.25) is 0 Å². The van der Waals surface area contributed by atoms with Crippen LogP contribution < -0.4 is 58.5 Å². The van der Waals surface area contributed by atoms with Gasteiger partial charge < -0.3 is 87.8 Å². The fourth-order valence-electron chi connectivity index (χ4n) is 1.11. The molecule has 0 aliphatic rings. The van der Waals surface area contributed by atoms with Gasteiger partial charge in [-0.2, -0.15) is 0 Å². The number of aliphatic hydroxyl groups excluding tert-OH is 1. The lowest BCUT2D eigenvalue weighted by Crippen LogP contribution is -2.31. The highest BCUT2D eigenvalue weighted by atomic mass is 32.2. The summed E-state index contributed by atoms with van der Waals surface area (Å²) < 4.78 is 9.51. The maximum absolute atomic E-state index is 10.3. The van der Waals surface area contributed by atoms with Crippen molar-refractivity contribution in [1.82, 2.24) is 73.2 Å². The highest BCUT2D eigenvalue weighted by Gasteiger charge is 1.94. The molecule has 6 amide bonds. The van der Waals surface area contributed by atoms with Gasteiger partial charge >= 0.3 is 18.2 Å². The molecule has 27 heteroatoms. The molecule has 0 aliphatic carbocycles. The van der Waals surface area contributed by atoms with Crippen molar-refractivity contribution in [2.75, 3.05) is 168 Å². The van der Waals surface area contributed by atoms with Crippen LogP contribution in [-0.2, 0) is 9.47 Å². The Morgan fingerprint density at radius 2 is 0.881 bits per heavy atom. The van der Waals surface area contributed by atoms with E-state index >= 15 is 0 Å². The number of thiocarbonyl (C=S) groups is 4. The summed E-state index contributed by atoms with van der Waals surface area (Å²) in [6.07, 6.45) is 3.27. The lowest BCUT2D eigenvalue weighted by atomic mass is 10.8. The summed E-state index contributed by atoms with van der Waals surface area (Å²) in [4.78, 5) is 45.5. The topological polar surface area (TPSA) is 249 Å². The van der Waals surface area contributed by atoms with Gasteiger partial charge in [0.1, 0.15) is 4.32 Å². The summed E-state index contributed by atoms with van der Waals surface area (Å²) in [5.74, 6) is 0. The van der Waals surface area contributed by atoms with Gasteiger partial charge in [0, 0.05) is 106 Å². The van der Waals surface area contributed by atoms with E-state index in [2.05, 4.69) is 92.4 Å². The van der Waals surface area contributed by atoms with Crippen molar-refractivity contribution in [2.45, 2.75) is 0 Å². The van der Waals surface area contributed by atoms with E-state index < -0.39 is 6.09 Å². The van der Waals surface area contributed by atoms with Gasteiger partial charge in [0.25, 0.3) is 10.4 Å². The number of amides is 6. The first-order chi connectivity index (χ1) is 27.4. The zero-order valence-electron chi connectivity index (χ0n) is 40.2. The molecule has 360 valence electrons. The molecule has 0 unspecified atom stereocenters. The molecule has 0 saturated heterocycles. The molecule has 0 radical (unpaired) electrons. The summed E-state index contributed by atoms with van der Waals surface area (Å²) in [7, 11) is 37.5. The van der Waals surface area contributed by atoms with Crippen LogP contribution in [0, 0.1) is 0 Å². The minimum atomic E-state index is -0.407. The van der Waals surface area contributed by atoms with Crippen LogP contribution >= 0.6 is 72.4 Å². The Morgan fingerprint density at radius 3 is 0.881 bits per heavy atom. The molecule has 0 saturated carbocycles. The Hall–Kier alpha value is -3.18. The van der Waals surface area contributed by atoms with E-state index in [1.807, 2.05) is 79.5 Å². The van der Waals surface area contributed by atoms with Crippen molar-refractivity contribution in [3.63, 3.8) is 0 Å². The first-order valence-electron chi connectivity index (χ1n) is 16.6. The van der Waals surface area contributed by atoms with Crippen molar-refractivity contribution in [3.8, 4) is 0 Å². The van der Waals surface area contributed by atoms with Crippen LogP contribution in [0.25, 0.3) is 0 Å². The Bertz CT molecular complexity index is 766. The molecule has 0 aromatic carbocycles. The van der Waals surface area contributed by atoms with Crippen molar-refractivity contribution in [1.29, 1.82) is 0 Å². The quantitative estimate of drug-likeness (QED) is 0.148. The number of hydrogen-bond donors (Lipinski definition) is 12. The Morgan fingerprint density at radius 1 is 0.508 bits per heavy atom. The fourth-order valence-corrected chi connectivity index (χ4v) is 1.51. The van der Waals surface area contributed by atoms with E-state index in [4.69, 9.17) is 29.5 Å². The largest absolute Gasteiger partial charge is 0.474 e. The van der Waals surface area contributed by atoms with Crippen LogP contribution in [0.4, 0.5) is 19.2 Å². The minimum Gasteiger partial charge on any atom is -0.474 e. The number of carbonyl (C=O) groups is 4. The predicted octanol–water partition coefficient (Wildman–Crippen LogP) is 0.469. The number of alkyl carbamates (subject to hydrolysis) is 1. The molecule has 12 N–H and O–H groups in total. The molecule has 0 rings (SSSR count). The molecular weight excluding hydrogens is 885 g/mol. The summed E-state index contributed by atoms with van der Waals surface area (Å²) in [5, 5.41) is 37.2. The lowest BCUT2D eigenvalue weighted by molar-refractivity contribution is 0.173. The average Bonchev–Trinajstić information content (AvgIpc) is 3.25. The van der Waals surface area contributed by atoms with Crippen LogP contribution in [-0.4, -0.2) is 231 Å². The molecule has 0 atom stereocenters. The van der Waals surface area contributed by atoms with Crippen LogP contribution in [0.1, 0.15) is 0 Å². The zero-order chi connectivity index (χ0) is 50.0. The smallest absolute Gasteiger partial charge is 0.406 e. The molecule has 59 heavy (non-hydrogen) atoms. The van der Waals surface area contributed by atoms with E-state index in [-0.39, 0.29) is 17.3 Å². The summed E-state index contributed by atoms with van der Waals surface area (Å²) in [5.41, 5.74) is 0. The van der Waals surface area contributed by atoms with Gasteiger partial charge in [-0.1, -0.05) is 24.0 Å². The first-order valence-corrected chi connectivity index (χ1v) is 20.7. The molecule has 0 heterocycles. The molecule has 0 bridgehead atoms. The van der Waals surface area contributed by atoms with Crippen LogP contribution in [0.3, 0.4) is 0 Å². The summed E-state index contributed by atoms with van der Waals surface area (Å²) >= 11 is 21.4. The number of carbonyl (C=O) groups excluding carboxylic acids is 4. The molecule has 0 fully saturated rings. The number of nitrogens with zero attached hydrogens (tertiary/aromatic N) is 3. The number of methoxy groups -OCH3 is 2. The number of rotatable bonds is 0. The standard InChI is InChI=1S/C4H10N2O.C4H10N2S.C3H8N2O.C3H8N2S.C3H7NO2.2C3H7NOS.C3H7NS2.C3H9N.C2H7N.CH4O/c2*1-5-4(7)6(2)3;2*1-4-3(6)5-2;2*1-4-3(5)6-2;1-4-3(6)5-2;1-4-3(5)6-2;1-4(2)3;1-3-2;1-2/h2*1-3H3,(H,5,7);2*1-2H3,(H2,4,5,6);2*1-2H3,(H,4,5);1-2H3,(H,4,6);1-2H3,(H,4,5);1-3H3;3H,1-2H3;2H,1H3. The summed E-state index contributed by atoms with van der Waals surface area (Å²) in [6, 6.07) is -0.227. The second kappa shape index (κ2) is 79.0. The molecule has 0 aromatic heterocycles. The van der Waals surface area contributed by atoms with Crippen LogP contribution in [0.5, 0.6) is 0 Å². The Kier molecular flexibility index (Phi) is 112. The predicted molar refractivity (Wildman–Crippen MR) is 274 cm³/mol. The molecule has 0 spiro atoms. The third-order valence-corrected chi connectivity index (χ3v) is 6.91. The molecule has 0 aromatic rings. The normalized spacial score (nSPS) is 7.29. The van der Waals surface area contributed by atoms with Gasteiger partial charge in [-0.25, -0.2) is 14.4 Å². The number of aliphatic hydroxyl groups is 1. The molecular formula is C32H84N14O7S6. The van der Waals surface area contributed by atoms with E-state index in [1.165, 1.54) is 37.9 Å². The fraction of sp³-hybridized carbons (Fsp3) is 0.750.